The van der Waals surface area contributed by atoms with Crippen LogP contribution in [0.25, 0.3) is 0 Å². The first-order chi connectivity index (χ1) is 41.0. The molecule has 0 saturated carbocycles. The number of carbonyl (C=O) groups is 3. The second-order valence-corrected chi connectivity index (χ2v) is 22.7. The molecular formula is C77H128O6. The number of hydrogen-bond donors (Lipinski definition) is 0. The van der Waals surface area contributed by atoms with Gasteiger partial charge in [-0.1, -0.05) is 315 Å². The molecular weight excluding hydrogens is 1020 g/mol. The molecule has 0 spiro atoms. The summed E-state index contributed by atoms with van der Waals surface area (Å²) in [6, 6.07) is 0. The number of hydrogen-bond acceptors (Lipinski definition) is 6. The molecule has 0 rings (SSSR count). The average molecular weight is 1150 g/mol. The van der Waals surface area contributed by atoms with Crippen LogP contribution in [-0.2, 0) is 28.6 Å². The summed E-state index contributed by atoms with van der Waals surface area (Å²) in [6.07, 6.45) is 99.1. The van der Waals surface area contributed by atoms with Crippen LogP contribution in [0.2, 0.25) is 0 Å². The maximum Gasteiger partial charge on any atom is 0.306 e. The second kappa shape index (κ2) is 70.0. The number of esters is 3. The highest BCUT2D eigenvalue weighted by Crippen LogP contribution is 2.17. The molecule has 0 aliphatic rings. The second-order valence-electron chi connectivity index (χ2n) is 22.7. The van der Waals surface area contributed by atoms with Crippen molar-refractivity contribution < 1.29 is 28.6 Å². The number of carbonyl (C=O) groups excluding carboxylic acids is 3. The molecule has 0 amide bonds. The highest BCUT2D eigenvalue weighted by atomic mass is 16.6. The van der Waals surface area contributed by atoms with Gasteiger partial charge in [-0.25, -0.2) is 0 Å². The Morgan fingerprint density at radius 1 is 0.253 bits per heavy atom. The molecule has 0 aromatic carbocycles. The van der Waals surface area contributed by atoms with Gasteiger partial charge in [-0.2, -0.15) is 0 Å². The molecule has 0 radical (unpaired) electrons. The van der Waals surface area contributed by atoms with E-state index >= 15 is 0 Å². The quantitative estimate of drug-likeness (QED) is 0.0261. The fraction of sp³-hybridized carbons (Fsp3) is 0.675. The minimum absolute atomic E-state index is 0.0900. The van der Waals surface area contributed by atoms with E-state index < -0.39 is 6.10 Å². The van der Waals surface area contributed by atoms with E-state index in [2.05, 4.69) is 154 Å². The Labute approximate surface area is 513 Å². The molecule has 0 heterocycles. The van der Waals surface area contributed by atoms with Crippen molar-refractivity contribution >= 4 is 17.9 Å². The lowest BCUT2D eigenvalue weighted by atomic mass is 10.0. The van der Waals surface area contributed by atoms with Gasteiger partial charge in [0, 0.05) is 19.3 Å². The summed E-state index contributed by atoms with van der Waals surface area (Å²) in [4.78, 5) is 38.3. The number of rotatable bonds is 62. The van der Waals surface area contributed by atoms with Crippen molar-refractivity contribution in [2.75, 3.05) is 13.2 Å². The van der Waals surface area contributed by atoms with Gasteiger partial charge in [0.15, 0.2) is 6.10 Å². The topological polar surface area (TPSA) is 78.9 Å². The Bertz CT molecular complexity index is 1750. The molecule has 0 aromatic rings. The maximum absolute atomic E-state index is 12.9. The molecule has 6 heteroatoms. The van der Waals surface area contributed by atoms with Crippen LogP contribution in [0.1, 0.15) is 316 Å². The summed E-state index contributed by atoms with van der Waals surface area (Å²) < 4.78 is 16.9. The van der Waals surface area contributed by atoms with Crippen molar-refractivity contribution in [2.24, 2.45) is 0 Å². The van der Waals surface area contributed by atoms with Crippen LogP contribution in [-0.4, -0.2) is 37.2 Å². The van der Waals surface area contributed by atoms with Gasteiger partial charge in [0.1, 0.15) is 13.2 Å². The first kappa shape index (κ1) is 78.5. The maximum atomic E-state index is 12.9. The Morgan fingerprint density at radius 2 is 0.470 bits per heavy atom. The van der Waals surface area contributed by atoms with E-state index in [0.717, 1.165) is 135 Å². The fourth-order valence-corrected chi connectivity index (χ4v) is 9.53. The Kier molecular flexibility index (Phi) is 66.3. The number of unbranched alkanes of at least 4 members (excludes halogenated alkanes) is 29. The van der Waals surface area contributed by atoms with Gasteiger partial charge in [0.25, 0.3) is 0 Å². The summed E-state index contributed by atoms with van der Waals surface area (Å²) in [5.74, 6) is -0.915. The van der Waals surface area contributed by atoms with Crippen LogP contribution in [0.15, 0.2) is 134 Å². The van der Waals surface area contributed by atoms with Crippen LogP contribution in [0, 0.1) is 0 Å². The summed E-state index contributed by atoms with van der Waals surface area (Å²) >= 11 is 0. The van der Waals surface area contributed by atoms with Crippen molar-refractivity contribution in [3.05, 3.63) is 134 Å². The van der Waals surface area contributed by atoms with Gasteiger partial charge in [0.05, 0.1) is 0 Å². The Balaban J connectivity index is 4.19. The third kappa shape index (κ3) is 68.2. The normalized spacial score (nSPS) is 13.0. The van der Waals surface area contributed by atoms with E-state index in [1.165, 1.54) is 141 Å². The lowest BCUT2D eigenvalue weighted by molar-refractivity contribution is -0.167. The van der Waals surface area contributed by atoms with Gasteiger partial charge in [-0.15, -0.1) is 0 Å². The predicted molar refractivity (Wildman–Crippen MR) is 362 cm³/mol. The van der Waals surface area contributed by atoms with Crippen molar-refractivity contribution in [1.82, 2.24) is 0 Å². The summed E-state index contributed by atoms with van der Waals surface area (Å²) in [6.45, 7) is 6.40. The van der Waals surface area contributed by atoms with Crippen molar-refractivity contribution in [3.8, 4) is 0 Å². The molecule has 0 aromatic heterocycles. The standard InChI is InChI=1S/C77H128O6/c1-4-7-10-13-16-19-22-24-26-28-30-31-32-33-34-35-36-37-38-39-40-41-42-43-44-45-47-48-50-52-55-58-61-64-67-70-76(79)82-73-74(72-81-75(78)69-66-63-60-57-54-21-18-15-12-9-6-3)83-77(80)71-68-65-62-59-56-53-51-49-46-29-27-25-23-20-17-14-11-8-5-2/h7-8,10-11,16-17,19-20,24-27,30-31,33-34,36-37,46,49,53,56,74H,4-6,9,12-15,18,21-23,28-29,32,35,38-45,47-48,50-52,54-55,57-73H2,1-3H3/b10-7-,11-8-,19-16-,20-17-,26-24-,27-25-,31-30-,34-33-,37-36-,49-46-,56-53-. The van der Waals surface area contributed by atoms with Gasteiger partial charge in [-0.3, -0.25) is 14.4 Å². The largest absolute Gasteiger partial charge is 0.462 e. The minimum atomic E-state index is -0.797. The fourth-order valence-electron chi connectivity index (χ4n) is 9.53. The average Bonchev–Trinajstić information content (AvgIpc) is 3.48. The van der Waals surface area contributed by atoms with E-state index in [1.807, 2.05) is 0 Å². The molecule has 472 valence electrons. The van der Waals surface area contributed by atoms with Gasteiger partial charge in [-0.05, 0) is 116 Å². The van der Waals surface area contributed by atoms with E-state index in [4.69, 9.17) is 14.2 Å². The van der Waals surface area contributed by atoms with Crippen LogP contribution >= 0.6 is 0 Å². The molecule has 1 unspecified atom stereocenters. The van der Waals surface area contributed by atoms with Crippen LogP contribution in [0.5, 0.6) is 0 Å². The Hall–Kier alpha value is -4.45. The molecule has 83 heavy (non-hydrogen) atoms. The summed E-state index contributed by atoms with van der Waals surface area (Å²) in [5.41, 5.74) is 0. The molecule has 6 nitrogen and oxygen atoms in total. The monoisotopic (exact) mass is 1150 g/mol. The first-order valence-electron chi connectivity index (χ1n) is 34.7. The predicted octanol–water partition coefficient (Wildman–Crippen LogP) is 24.1. The van der Waals surface area contributed by atoms with Crippen LogP contribution in [0.4, 0.5) is 0 Å². The van der Waals surface area contributed by atoms with E-state index in [-0.39, 0.29) is 37.5 Å². The lowest BCUT2D eigenvalue weighted by Gasteiger charge is -2.18. The SMILES string of the molecule is CC/C=C\C/C=C\C/C=C\C/C=C\C/C=C\C/C=C\CCCCCCCCCCCCCCCCCCC(=O)OCC(COC(=O)CCCCCCCCCCCCC)OC(=O)CCCCC/C=C\C/C=C\C/C=C\C/C=C\C/C=C\CC. The first-order valence-corrected chi connectivity index (χ1v) is 34.7. The van der Waals surface area contributed by atoms with Crippen LogP contribution in [0.3, 0.4) is 0 Å². The van der Waals surface area contributed by atoms with E-state index in [0.29, 0.717) is 12.8 Å². The smallest absolute Gasteiger partial charge is 0.306 e. The third-order valence-corrected chi connectivity index (χ3v) is 14.7. The molecule has 0 bridgehead atoms. The molecule has 0 fully saturated rings. The zero-order valence-corrected chi connectivity index (χ0v) is 54.2. The third-order valence-electron chi connectivity index (χ3n) is 14.7. The highest BCUT2D eigenvalue weighted by molar-refractivity contribution is 5.71. The molecule has 0 N–H and O–H groups in total. The lowest BCUT2D eigenvalue weighted by Crippen LogP contribution is -2.30. The van der Waals surface area contributed by atoms with Crippen LogP contribution < -0.4 is 0 Å². The van der Waals surface area contributed by atoms with Crippen molar-refractivity contribution in [3.63, 3.8) is 0 Å². The molecule has 1 atom stereocenters. The van der Waals surface area contributed by atoms with E-state index in [9.17, 15) is 14.4 Å². The van der Waals surface area contributed by atoms with Gasteiger partial charge >= 0.3 is 17.9 Å². The molecule has 0 saturated heterocycles. The van der Waals surface area contributed by atoms with Gasteiger partial charge in [0.2, 0.25) is 0 Å². The summed E-state index contributed by atoms with van der Waals surface area (Å²) in [5, 5.41) is 0. The zero-order valence-electron chi connectivity index (χ0n) is 54.2. The minimum Gasteiger partial charge on any atom is -0.462 e. The molecule has 0 aliphatic heterocycles. The number of allylic oxidation sites excluding steroid dienone is 22. The van der Waals surface area contributed by atoms with Crippen molar-refractivity contribution in [1.29, 1.82) is 0 Å². The summed E-state index contributed by atoms with van der Waals surface area (Å²) in [7, 11) is 0. The Morgan fingerprint density at radius 3 is 0.747 bits per heavy atom. The van der Waals surface area contributed by atoms with Crippen molar-refractivity contribution in [2.45, 2.75) is 322 Å². The zero-order chi connectivity index (χ0) is 59.9. The number of ether oxygens (including phenoxy) is 3. The van der Waals surface area contributed by atoms with E-state index in [1.54, 1.807) is 0 Å². The highest BCUT2D eigenvalue weighted by Gasteiger charge is 2.19. The molecule has 0 aliphatic carbocycles. The van der Waals surface area contributed by atoms with Gasteiger partial charge < -0.3 is 14.2 Å².